The SMILES string of the molecule is COC(C(=O)O)C1(CF)CC1. The van der Waals surface area contributed by atoms with Crippen molar-refractivity contribution in [2.24, 2.45) is 5.41 Å². The van der Waals surface area contributed by atoms with Crippen molar-refractivity contribution in [3.05, 3.63) is 0 Å². The standard InChI is InChI=1S/C7H11FO3/c1-11-5(6(9)10)7(4-8)2-3-7/h5H,2-4H2,1H3,(H,9,10). The second-order valence-corrected chi connectivity index (χ2v) is 2.95. The van der Waals surface area contributed by atoms with Crippen LogP contribution in [0.25, 0.3) is 0 Å². The average molecular weight is 162 g/mol. The molecule has 11 heavy (non-hydrogen) atoms. The summed E-state index contributed by atoms with van der Waals surface area (Å²) in [6, 6.07) is 0. The van der Waals surface area contributed by atoms with Gasteiger partial charge in [0, 0.05) is 12.5 Å². The molecule has 64 valence electrons. The first kappa shape index (κ1) is 8.46. The predicted octanol–water partition coefficient (Wildman–Crippen LogP) is 0.836. The summed E-state index contributed by atoms with van der Waals surface area (Å²) in [6.07, 6.45) is 0.273. The predicted molar refractivity (Wildman–Crippen MR) is 36.1 cm³/mol. The lowest BCUT2D eigenvalue weighted by Gasteiger charge is -2.17. The van der Waals surface area contributed by atoms with Crippen LogP contribution in [0, 0.1) is 5.41 Å². The van der Waals surface area contributed by atoms with Gasteiger partial charge in [-0.05, 0) is 12.8 Å². The molecule has 1 aliphatic rings. The Hall–Kier alpha value is -0.640. The molecule has 0 aromatic heterocycles. The molecule has 0 heterocycles. The van der Waals surface area contributed by atoms with Crippen molar-refractivity contribution >= 4 is 5.97 Å². The highest BCUT2D eigenvalue weighted by Crippen LogP contribution is 2.50. The van der Waals surface area contributed by atoms with Crippen LogP contribution < -0.4 is 0 Å². The molecule has 3 nitrogen and oxygen atoms in total. The molecule has 1 rings (SSSR count). The van der Waals surface area contributed by atoms with E-state index in [4.69, 9.17) is 9.84 Å². The van der Waals surface area contributed by atoms with E-state index in [2.05, 4.69) is 0 Å². The molecule has 0 spiro atoms. The summed E-state index contributed by atoms with van der Waals surface area (Å²) >= 11 is 0. The Kier molecular flexibility index (Phi) is 2.13. The van der Waals surface area contributed by atoms with Crippen molar-refractivity contribution < 1.29 is 19.0 Å². The van der Waals surface area contributed by atoms with Gasteiger partial charge in [-0.25, -0.2) is 4.79 Å². The first-order valence-electron chi connectivity index (χ1n) is 3.48. The minimum absolute atomic E-state index is 0.599. The Balaban J connectivity index is 2.61. The van der Waals surface area contributed by atoms with E-state index in [-0.39, 0.29) is 0 Å². The molecule has 1 aliphatic carbocycles. The minimum atomic E-state index is -1.07. The van der Waals surface area contributed by atoms with Gasteiger partial charge in [0.25, 0.3) is 0 Å². The van der Waals surface area contributed by atoms with Gasteiger partial charge in [-0.3, -0.25) is 4.39 Å². The van der Waals surface area contributed by atoms with E-state index in [1.165, 1.54) is 7.11 Å². The molecule has 1 saturated carbocycles. The largest absolute Gasteiger partial charge is 0.479 e. The van der Waals surface area contributed by atoms with Gasteiger partial charge in [-0.2, -0.15) is 0 Å². The summed E-state index contributed by atoms with van der Waals surface area (Å²) in [5.41, 5.74) is -0.708. The van der Waals surface area contributed by atoms with Crippen LogP contribution in [0.3, 0.4) is 0 Å². The van der Waals surface area contributed by atoms with Crippen LogP contribution in [0.15, 0.2) is 0 Å². The fourth-order valence-electron chi connectivity index (χ4n) is 1.24. The second-order valence-electron chi connectivity index (χ2n) is 2.95. The third-order valence-electron chi connectivity index (χ3n) is 2.17. The lowest BCUT2D eigenvalue weighted by atomic mass is 10.0. The zero-order chi connectivity index (χ0) is 8.48. The van der Waals surface area contributed by atoms with Crippen LogP contribution in [-0.4, -0.2) is 31.0 Å². The van der Waals surface area contributed by atoms with Crippen LogP contribution in [0.2, 0.25) is 0 Å². The van der Waals surface area contributed by atoms with Crippen LogP contribution in [0.1, 0.15) is 12.8 Å². The monoisotopic (exact) mass is 162 g/mol. The summed E-state index contributed by atoms with van der Waals surface area (Å²) in [5, 5.41) is 8.59. The van der Waals surface area contributed by atoms with Gasteiger partial charge in [0.2, 0.25) is 0 Å². The van der Waals surface area contributed by atoms with Crippen molar-refractivity contribution in [1.29, 1.82) is 0 Å². The fraction of sp³-hybridized carbons (Fsp3) is 0.857. The molecule has 0 aliphatic heterocycles. The summed E-state index contributed by atoms with van der Waals surface area (Å²) in [6.45, 7) is -0.599. The summed E-state index contributed by atoms with van der Waals surface area (Å²) in [4.78, 5) is 10.5. The van der Waals surface area contributed by atoms with E-state index >= 15 is 0 Å². The van der Waals surface area contributed by atoms with E-state index in [1.54, 1.807) is 0 Å². The van der Waals surface area contributed by atoms with Gasteiger partial charge in [-0.1, -0.05) is 0 Å². The fourth-order valence-corrected chi connectivity index (χ4v) is 1.24. The van der Waals surface area contributed by atoms with Crippen LogP contribution >= 0.6 is 0 Å². The van der Waals surface area contributed by atoms with Gasteiger partial charge in [0.05, 0.1) is 6.67 Å². The van der Waals surface area contributed by atoms with E-state index in [0.717, 1.165) is 0 Å². The smallest absolute Gasteiger partial charge is 0.333 e. The third-order valence-corrected chi connectivity index (χ3v) is 2.17. The lowest BCUT2D eigenvalue weighted by molar-refractivity contribution is -0.153. The highest BCUT2D eigenvalue weighted by Gasteiger charge is 2.53. The Morgan fingerprint density at radius 2 is 2.36 bits per heavy atom. The van der Waals surface area contributed by atoms with Gasteiger partial charge in [0.15, 0.2) is 6.10 Å². The Morgan fingerprint density at radius 1 is 1.82 bits per heavy atom. The van der Waals surface area contributed by atoms with Crippen LogP contribution in [0.5, 0.6) is 0 Å². The number of carboxylic acids is 1. The van der Waals surface area contributed by atoms with Gasteiger partial charge >= 0.3 is 5.97 Å². The number of methoxy groups -OCH3 is 1. The molecular formula is C7H11FO3. The molecule has 0 amide bonds. The van der Waals surface area contributed by atoms with Crippen molar-refractivity contribution in [2.75, 3.05) is 13.8 Å². The maximum atomic E-state index is 12.3. The molecule has 1 fully saturated rings. The first-order chi connectivity index (χ1) is 5.16. The highest BCUT2D eigenvalue weighted by atomic mass is 19.1. The molecule has 1 unspecified atom stereocenters. The zero-order valence-corrected chi connectivity index (χ0v) is 6.34. The summed E-state index contributed by atoms with van der Waals surface area (Å²) in [5.74, 6) is -1.07. The molecule has 0 radical (unpaired) electrons. The quantitative estimate of drug-likeness (QED) is 0.666. The van der Waals surface area contributed by atoms with E-state index in [9.17, 15) is 9.18 Å². The Bertz CT molecular complexity index is 165. The second kappa shape index (κ2) is 2.77. The molecule has 1 N–H and O–H groups in total. The van der Waals surface area contributed by atoms with Crippen LogP contribution in [0.4, 0.5) is 4.39 Å². The third kappa shape index (κ3) is 1.35. The van der Waals surface area contributed by atoms with Crippen molar-refractivity contribution in [1.82, 2.24) is 0 Å². The van der Waals surface area contributed by atoms with Crippen molar-refractivity contribution in [3.63, 3.8) is 0 Å². The average Bonchev–Trinajstić information content (AvgIpc) is 2.70. The normalized spacial score (nSPS) is 22.7. The molecule has 0 aromatic carbocycles. The van der Waals surface area contributed by atoms with Gasteiger partial charge in [-0.15, -0.1) is 0 Å². The van der Waals surface area contributed by atoms with E-state index < -0.39 is 24.2 Å². The van der Waals surface area contributed by atoms with E-state index in [1.807, 2.05) is 0 Å². The summed E-state index contributed by atoms with van der Waals surface area (Å²) < 4.78 is 17.0. The Morgan fingerprint density at radius 3 is 2.45 bits per heavy atom. The number of hydrogen-bond acceptors (Lipinski definition) is 2. The van der Waals surface area contributed by atoms with Crippen LogP contribution in [-0.2, 0) is 9.53 Å². The molecule has 0 saturated heterocycles. The molecule has 4 heteroatoms. The number of halogens is 1. The maximum Gasteiger partial charge on any atom is 0.333 e. The number of ether oxygens (including phenoxy) is 1. The maximum absolute atomic E-state index is 12.3. The number of rotatable bonds is 4. The van der Waals surface area contributed by atoms with Crippen molar-refractivity contribution in [3.8, 4) is 0 Å². The van der Waals surface area contributed by atoms with Gasteiger partial charge in [0.1, 0.15) is 0 Å². The first-order valence-corrected chi connectivity index (χ1v) is 3.48. The molecular weight excluding hydrogens is 151 g/mol. The molecule has 1 atom stereocenters. The number of aliphatic carboxylic acids is 1. The number of carboxylic acid groups (broad SMARTS) is 1. The van der Waals surface area contributed by atoms with Crippen molar-refractivity contribution in [2.45, 2.75) is 18.9 Å². The Labute approximate surface area is 64.2 Å². The number of alkyl halides is 1. The topological polar surface area (TPSA) is 46.5 Å². The molecule has 0 bridgehead atoms. The number of hydrogen-bond donors (Lipinski definition) is 1. The minimum Gasteiger partial charge on any atom is -0.479 e. The zero-order valence-electron chi connectivity index (χ0n) is 6.34. The van der Waals surface area contributed by atoms with E-state index in [0.29, 0.717) is 12.8 Å². The highest BCUT2D eigenvalue weighted by molar-refractivity contribution is 5.74. The number of carbonyl (C=O) groups is 1. The lowest BCUT2D eigenvalue weighted by Crippen LogP contribution is -2.34. The summed E-state index contributed by atoms with van der Waals surface area (Å²) in [7, 11) is 1.30. The van der Waals surface area contributed by atoms with Gasteiger partial charge < -0.3 is 9.84 Å². The molecule has 0 aromatic rings.